The predicted molar refractivity (Wildman–Crippen MR) is 115 cm³/mol. The third-order valence-corrected chi connectivity index (χ3v) is 4.28. The van der Waals surface area contributed by atoms with Gasteiger partial charge in [0.1, 0.15) is 11.5 Å². The number of carbonyl (C=O) groups is 2. The van der Waals surface area contributed by atoms with E-state index in [9.17, 15) is 19.7 Å². The van der Waals surface area contributed by atoms with Gasteiger partial charge in [-0.3, -0.25) is 14.9 Å². The number of para-hydroxylation sites is 1. The fourth-order valence-corrected chi connectivity index (χ4v) is 2.77. The summed E-state index contributed by atoms with van der Waals surface area (Å²) in [6, 6.07) is 18.7. The van der Waals surface area contributed by atoms with Gasteiger partial charge in [-0.2, -0.15) is 0 Å². The number of non-ortho nitro benzene ring substituents is 1. The molecule has 0 aliphatic rings. The SMILES string of the molecule is CCOc1ccccc1C=CC(=O)c1ccc(OC(=O)c2cccc([N+](=O)[O-])c2)cc1. The monoisotopic (exact) mass is 417 g/mol. The largest absolute Gasteiger partial charge is 0.493 e. The molecule has 156 valence electrons. The number of hydrogen-bond acceptors (Lipinski definition) is 6. The number of nitrogens with zero attached hydrogens (tertiary/aromatic N) is 1. The van der Waals surface area contributed by atoms with Gasteiger partial charge >= 0.3 is 5.97 Å². The van der Waals surface area contributed by atoms with Gasteiger partial charge < -0.3 is 9.47 Å². The smallest absolute Gasteiger partial charge is 0.343 e. The minimum atomic E-state index is -0.727. The number of ketones is 1. The lowest BCUT2D eigenvalue weighted by Gasteiger charge is -2.06. The molecule has 3 aromatic carbocycles. The van der Waals surface area contributed by atoms with E-state index < -0.39 is 10.9 Å². The first-order chi connectivity index (χ1) is 15.0. The Balaban J connectivity index is 1.67. The molecule has 7 nitrogen and oxygen atoms in total. The summed E-state index contributed by atoms with van der Waals surface area (Å²) in [6.45, 7) is 2.41. The Kier molecular flexibility index (Phi) is 6.90. The Bertz CT molecular complexity index is 1130. The quantitative estimate of drug-likeness (QED) is 0.126. The molecule has 0 N–H and O–H groups in total. The number of allylic oxidation sites excluding steroid dienone is 1. The molecule has 3 aromatic rings. The van der Waals surface area contributed by atoms with Gasteiger partial charge in [0, 0.05) is 23.3 Å². The molecular formula is C24H19NO6. The molecule has 0 fully saturated rings. The zero-order valence-corrected chi connectivity index (χ0v) is 16.7. The molecule has 0 radical (unpaired) electrons. The Morgan fingerprint density at radius 1 is 0.968 bits per heavy atom. The van der Waals surface area contributed by atoms with Gasteiger partial charge in [0.25, 0.3) is 5.69 Å². The molecule has 3 rings (SSSR count). The van der Waals surface area contributed by atoms with Crippen LogP contribution in [-0.2, 0) is 0 Å². The summed E-state index contributed by atoms with van der Waals surface area (Å²) in [6.07, 6.45) is 3.13. The van der Waals surface area contributed by atoms with Crippen LogP contribution in [0.2, 0.25) is 0 Å². The van der Waals surface area contributed by atoms with Crippen LogP contribution in [0, 0.1) is 10.1 Å². The summed E-state index contributed by atoms with van der Waals surface area (Å²) in [5, 5.41) is 10.8. The molecule has 0 unspecified atom stereocenters. The van der Waals surface area contributed by atoms with Gasteiger partial charge in [-0.15, -0.1) is 0 Å². The maximum atomic E-state index is 12.4. The molecule has 0 aliphatic carbocycles. The van der Waals surface area contributed by atoms with E-state index >= 15 is 0 Å². The summed E-state index contributed by atoms with van der Waals surface area (Å²) in [5.41, 5.74) is 1.07. The lowest BCUT2D eigenvalue weighted by Crippen LogP contribution is -2.09. The second-order valence-electron chi connectivity index (χ2n) is 6.39. The third-order valence-electron chi connectivity index (χ3n) is 4.28. The molecule has 0 amide bonds. The average molecular weight is 417 g/mol. The van der Waals surface area contributed by atoms with E-state index in [2.05, 4.69) is 0 Å². The summed E-state index contributed by atoms with van der Waals surface area (Å²) in [7, 11) is 0. The number of carbonyl (C=O) groups excluding carboxylic acids is 2. The first-order valence-corrected chi connectivity index (χ1v) is 9.49. The molecule has 0 heterocycles. The number of ether oxygens (including phenoxy) is 2. The molecule has 0 spiro atoms. The van der Waals surface area contributed by atoms with Crippen molar-refractivity contribution in [1.29, 1.82) is 0 Å². The lowest BCUT2D eigenvalue weighted by atomic mass is 10.1. The van der Waals surface area contributed by atoms with E-state index in [0.29, 0.717) is 17.9 Å². The zero-order chi connectivity index (χ0) is 22.2. The number of nitro groups is 1. The van der Waals surface area contributed by atoms with Gasteiger partial charge in [-0.1, -0.05) is 24.3 Å². The highest BCUT2D eigenvalue weighted by atomic mass is 16.6. The molecule has 0 saturated heterocycles. The lowest BCUT2D eigenvalue weighted by molar-refractivity contribution is -0.384. The highest BCUT2D eigenvalue weighted by Gasteiger charge is 2.14. The summed E-state index contributed by atoms with van der Waals surface area (Å²) in [4.78, 5) is 34.9. The van der Waals surface area contributed by atoms with Crippen molar-refractivity contribution in [3.05, 3.63) is 106 Å². The van der Waals surface area contributed by atoms with Crippen LogP contribution in [-0.4, -0.2) is 23.3 Å². The molecule has 0 saturated carbocycles. The topological polar surface area (TPSA) is 95.7 Å². The molecule has 0 atom stereocenters. The van der Waals surface area contributed by atoms with Crippen LogP contribution >= 0.6 is 0 Å². The summed E-state index contributed by atoms with van der Waals surface area (Å²) < 4.78 is 10.8. The Labute approximate surface area is 178 Å². The van der Waals surface area contributed by atoms with Crippen LogP contribution in [0.3, 0.4) is 0 Å². The van der Waals surface area contributed by atoms with Crippen molar-refractivity contribution in [2.24, 2.45) is 0 Å². The highest BCUT2D eigenvalue weighted by Crippen LogP contribution is 2.21. The molecule has 0 bridgehead atoms. The van der Waals surface area contributed by atoms with E-state index in [1.54, 1.807) is 6.08 Å². The molecule has 31 heavy (non-hydrogen) atoms. The van der Waals surface area contributed by atoms with Crippen LogP contribution < -0.4 is 9.47 Å². The van der Waals surface area contributed by atoms with Crippen molar-refractivity contribution in [3.63, 3.8) is 0 Å². The van der Waals surface area contributed by atoms with Crippen molar-refractivity contribution in [2.75, 3.05) is 6.61 Å². The number of esters is 1. The van der Waals surface area contributed by atoms with Crippen molar-refractivity contribution < 1.29 is 24.0 Å². The Hall–Kier alpha value is -4.26. The van der Waals surface area contributed by atoms with E-state index in [-0.39, 0.29) is 22.8 Å². The normalized spacial score (nSPS) is 10.6. The summed E-state index contributed by atoms with van der Waals surface area (Å²) >= 11 is 0. The second-order valence-corrected chi connectivity index (χ2v) is 6.39. The average Bonchev–Trinajstić information content (AvgIpc) is 2.79. The number of hydrogen-bond donors (Lipinski definition) is 0. The minimum Gasteiger partial charge on any atom is -0.493 e. The van der Waals surface area contributed by atoms with Crippen LogP contribution in [0.1, 0.15) is 33.2 Å². The number of benzene rings is 3. The van der Waals surface area contributed by atoms with Crippen molar-refractivity contribution >= 4 is 23.5 Å². The maximum absolute atomic E-state index is 12.4. The van der Waals surface area contributed by atoms with Crippen molar-refractivity contribution in [2.45, 2.75) is 6.92 Å². The van der Waals surface area contributed by atoms with Gasteiger partial charge in [-0.25, -0.2) is 4.79 Å². The third kappa shape index (κ3) is 5.63. The van der Waals surface area contributed by atoms with E-state index in [1.807, 2.05) is 31.2 Å². The van der Waals surface area contributed by atoms with Crippen LogP contribution in [0.5, 0.6) is 11.5 Å². The number of rotatable bonds is 8. The Morgan fingerprint density at radius 2 is 1.71 bits per heavy atom. The van der Waals surface area contributed by atoms with Gasteiger partial charge in [-0.05, 0) is 55.5 Å². The van der Waals surface area contributed by atoms with Crippen LogP contribution in [0.4, 0.5) is 5.69 Å². The number of nitro benzene ring substituents is 1. The van der Waals surface area contributed by atoms with Crippen LogP contribution in [0.25, 0.3) is 6.08 Å². The second kappa shape index (κ2) is 9.98. The molecule has 7 heteroatoms. The zero-order valence-electron chi connectivity index (χ0n) is 16.7. The molecular weight excluding hydrogens is 398 g/mol. The maximum Gasteiger partial charge on any atom is 0.343 e. The van der Waals surface area contributed by atoms with Gasteiger partial charge in [0.15, 0.2) is 5.78 Å². The van der Waals surface area contributed by atoms with Crippen molar-refractivity contribution in [3.8, 4) is 11.5 Å². The predicted octanol–water partition coefficient (Wildman–Crippen LogP) is 5.11. The van der Waals surface area contributed by atoms with Crippen LogP contribution in [0.15, 0.2) is 78.9 Å². The highest BCUT2D eigenvalue weighted by molar-refractivity contribution is 6.07. The van der Waals surface area contributed by atoms with E-state index in [1.165, 1.54) is 48.5 Å². The Morgan fingerprint density at radius 3 is 2.42 bits per heavy atom. The fraction of sp³-hybridized carbons (Fsp3) is 0.0833. The van der Waals surface area contributed by atoms with E-state index in [0.717, 1.165) is 11.6 Å². The standard InChI is InChI=1S/C24H19NO6/c1-2-30-23-9-4-3-6-18(23)12-15-22(26)17-10-13-21(14-11-17)31-24(27)19-7-5-8-20(16-19)25(28)29/h3-16H,2H2,1H3. The fourth-order valence-electron chi connectivity index (χ4n) is 2.77. The van der Waals surface area contributed by atoms with Gasteiger partial charge in [0.2, 0.25) is 0 Å². The van der Waals surface area contributed by atoms with E-state index in [4.69, 9.17) is 9.47 Å². The summed E-state index contributed by atoms with van der Waals surface area (Å²) in [5.74, 6) is -0.0331. The minimum absolute atomic E-state index is 0.0604. The molecule has 0 aromatic heterocycles. The first kappa shape index (κ1) is 21.4. The molecule has 0 aliphatic heterocycles. The van der Waals surface area contributed by atoms with Crippen molar-refractivity contribution in [1.82, 2.24) is 0 Å². The first-order valence-electron chi connectivity index (χ1n) is 9.49. The van der Waals surface area contributed by atoms with Gasteiger partial charge in [0.05, 0.1) is 17.1 Å².